The Hall–Kier alpha value is -2.40. The van der Waals surface area contributed by atoms with Gasteiger partial charge in [-0.1, -0.05) is 48.0 Å². The molecule has 1 aliphatic carbocycles. The van der Waals surface area contributed by atoms with Gasteiger partial charge < -0.3 is 10.4 Å². The van der Waals surface area contributed by atoms with Crippen LogP contribution >= 0.6 is 11.6 Å². The minimum Gasteiger partial charge on any atom is -0.479 e. The van der Waals surface area contributed by atoms with Crippen LogP contribution in [-0.4, -0.2) is 17.0 Å². The van der Waals surface area contributed by atoms with Crippen LogP contribution in [0.3, 0.4) is 0 Å². The van der Waals surface area contributed by atoms with Crippen LogP contribution in [0.4, 0.5) is 4.39 Å². The van der Waals surface area contributed by atoms with Crippen molar-refractivity contribution in [2.24, 2.45) is 5.92 Å². The Balaban J connectivity index is 1.62. The number of carboxylic acids is 1. The molecule has 0 aliphatic heterocycles. The molecule has 2 aromatic rings. The monoisotopic (exact) mass is 361 g/mol. The number of rotatable bonds is 6. The SMILES string of the molecule is O=C(C[C@@H]1C[C@H]1c1ccccc1)NC(C(=O)O)c1ccc(Cl)c(F)c1. The van der Waals surface area contributed by atoms with Crippen LogP contribution in [-0.2, 0) is 9.59 Å². The maximum absolute atomic E-state index is 13.6. The molecule has 1 amide bonds. The predicted octanol–water partition coefficient (Wildman–Crippen LogP) is 3.91. The summed E-state index contributed by atoms with van der Waals surface area (Å²) in [4.78, 5) is 23.7. The summed E-state index contributed by atoms with van der Waals surface area (Å²) < 4.78 is 13.6. The summed E-state index contributed by atoms with van der Waals surface area (Å²) in [6.45, 7) is 0. The molecule has 0 aromatic heterocycles. The largest absolute Gasteiger partial charge is 0.479 e. The highest BCUT2D eigenvalue weighted by atomic mass is 35.5. The van der Waals surface area contributed by atoms with E-state index < -0.39 is 17.8 Å². The van der Waals surface area contributed by atoms with Crippen LogP contribution in [0.25, 0.3) is 0 Å². The van der Waals surface area contributed by atoms with Crippen LogP contribution in [0.5, 0.6) is 0 Å². The van der Waals surface area contributed by atoms with E-state index in [2.05, 4.69) is 5.32 Å². The molecule has 3 rings (SSSR count). The second-order valence-corrected chi connectivity index (χ2v) is 6.64. The number of carbonyl (C=O) groups is 2. The number of hydrogen-bond acceptors (Lipinski definition) is 2. The molecule has 25 heavy (non-hydrogen) atoms. The molecule has 0 spiro atoms. The van der Waals surface area contributed by atoms with E-state index in [-0.39, 0.29) is 28.8 Å². The van der Waals surface area contributed by atoms with Gasteiger partial charge in [0.15, 0.2) is 6.04 Å². The first-order chi connectivity index (χ1) is 12.0. The zero-order valence-corrected chi connectivity index (χ0v) is 14.0. The third-order valence-corrected chi connectivity index (χ3v) is 4.73. The van der Waals surface area contributed by atoms with Crippen molar-refractivity contribution in [1.82, 2.24) is 5.32 Å². The normalized spacial score (nSPS) is 19.9. The van der Waals surface area contributed by atoms with Crippen molar-refractivity contribution in [3.05, 3.63) is 70.5 Å². The standard InChI is InChI=1S/C19H17ClFNO3/c20-15-7-6-12(9-16(15)21)18(19(24)25)22-17(23)10-13-8-14(13)11-4-2-1-3-5-11/h1-7,9,13-14,18H,8,10H2,(H,22,23)(H,24,25)/t13-,14-,18?/m0/s1. The molecule has 3 atom stereocenters. The molecule has 130 valence electrons. The lowest BCUT2D eigenvalue weighted by atomic mass is 10.1. The number of halogens is 2. The van der Waals surface area contributed by atoms with E-state index in [9.17, 15) is 19.1 Å². The number of aliphatic carboxylic acids is 1. The van der Waals surface area contributed by atoms with Crippen LogP contribution < -0.4 is 5.32 Å². The summed E-state index contributed by atoms with van der Waals surface area (Å²) in [5.41, 5.74) is 1.34. The Morgan fingerprint density at radius 3 is 2.60 bits per heavy atom. The number of benzene rings is 2. The molecule has 0 radical (unpaired) electrons. The van der Waals surface area contributed by atoms with E-state index in [1.54, 1.807) is 0 Å². The highest BCUT2D eigenvalue weighted by Gasteiger charge is 2.40. The Morgan fingerprint density at radius 2 is 1.96 bits per heavy atom. The van der Waals surface area contributed by atoms with Gasteiger partial charge >= 0.3 is 5.97 Å². The fraction of sp³-hybridized carbons (Fsp3) is 0.263. The van der Waals surface area contributed by atoms with E-state index in [0.717, 1.165) is 12.5 Å². The van der Waals surface area contributed by atoms with E-state index in [4.69, 9.17) is 11.6 Å². The van der Waals surface area contributed by atoms with Gasteiger partial charge in [-0.15, -0.1) is 0 Å². The van der Waals surface area contributed by atoms with Crippen LogP contribution in [0.1, 0.15) is 35.9 Å². The number of nitrogens with one attached hydrogen (secondary N) is 1. The molecule has 1 unspecified atom stereocenters. The van der Waals surface area contributed by atoms with E-state index in [0.29, 0.717) is 5.92 Å². The summed E-state index contributed by atoms with van der Waals surface area (Å²) in [6, 6.07) is 12.3. The Morgan fingerprint density at radius 1 is 1.24 bits per heavy atom. The average molecular weight is 362 g/mol. The first-order valence-electron chi connectivity index (χ1n) is 7.97. The van der Waals surface area contributed by atoms with Gasteiger partial charge in [-0.05, 0) is 41.5 Å². The van der Waals surface area contributed by atoms with Gasteiger partial charge in [0.1, 0.15) is 5.82 Å². The molecule has 2 aromatic carbocycles. The minimum atomic E-state index is -1.30. The van der Waals surface area contributed by atoms with Crippen LogP contribution in [0.15, 0.2) is 48.5 Å². The lowest BCUT2D eigenvalue weighted by Gasteiger charge is -2.15. The Labute approximate surface area is 149 Å². The summed E-state index contributed by atoms with van der Waals surface area (Å²) >= 11 is 5.61. The predicted molar refractivity (Wildman–Crippen MR) is 91.8 cm³/mol. The minimum absolute atomic E-state index is 0.0945. The van der Waals surface area contributed by atoms with E-state index in [1.165, 1.54) is 17.7 Å². The molecule has 1 fully saturated rings. The first kappa shape index (κ1) is 17.4. The highest BCUT2D eigenvalue weighted by molar-refractivity contribution is 6.30. The van der Waals surface area contributed by atoms with E-state index in [1.807, 2.05) is 30.3 Å². The number of amides is 1. The highest BCUT2D eigenvalue weighted by Crippen LogP contribution is 2.49. The van der Waals surface area contributed by atoms with Gasteiger partial charge in [-0.25, -0.2) is 9.18 Å². The van der Waals surface area contributed by atoms with Crippen molar-refractivity contribution in [2.75, 3.05) is 0 Å². The number of carbonyl (C=O) groups excluding carboxylic acids is 1. The van der Waals surface area contributed by atoms with Gasteiger partial charge in [0.25, 0.3) is 0 Å². The van der Waals surface area contributed by atoms with Gasteiger partial charge in [-0.3, -0.25) is 4.79 Å². The zero-order chi connectivity index (χ0) is 18.0. The molecule has 1 aliphatic rings. The van der Waals surface area contributed by atoms with Crippen LogP contribution in [0, 0.1) is 11.7 Å². The van der Waals surface area contributed by atoms with Gasteiger partial charge in [0.2, 0.25) is 5.91 Å². The van der Waals surface area contributed by atoms with Crippen molar-refractivity contribution in [3.8, 4) is 0 Å². The molecule has 0 bridgehead atoms. The van der Waals surface area contributed by atoms with Crippen molar-refractivity contribution in [2.45, 2.75) is 24.8 Å². The topological polar surface area (TPSA) is 66.4 Å². The summed E-state index contributed by atoms with van der Waals surface area (Å²) in [5, 5.41) is 11.7. The molecule has 4 nitrogen and oxygen atoms in total. The fourth-order valence-electron chi connectivity index (χ4n) is 3.02. The zero-order valence-electron chi connectivity index (χ0n) is 13.3. The van der Waals surface area contributed by atoms with Gasteiger partial charge in [0, 0.05) is 6.42 Å². The maximum atomic E-state index is 13.6. The second-order valence-electron chi connectivity index (χ2n) is 6.23. The lowest BCUT2D eigenvalue weighted by molar-refractivity contribution is -0.142. The van der Waals surface area contributed by atoms with Crippen molar-refractivity contribution in [3.63, 3.8) is 0 Å². The lowest BCUT2D eigenvalue weighted by Crippen LogP contribution is -2.34. The third-order valence-electron chi connectivity index (χ3n) is 4.43. The molecular formula is C19H17ClFNO3. The third kappa shape index (κ3) is 4.17. The van der Waals surface area contributed by atoms with Crippen molar-refractivity contribution < 1.29 is 19.1 Å². The maximum Gasteiger partial charge on any atom is 0.330 e. The molecule has 0 saturated heterocycles. The van der Waals surface area contributed by atoms with Crippen LogP contribution in [0.2, 0.25) is 5.02 Å². The smallest absolute Gasteiger partial charge is 0.330 e. The van der Waals surface area contributed by atoms with Crippen molar-refractivity contribution in [1.29, 1.82) is 0 Å². The molecule has 1 saturated carbocycles. The average Bonchev–Trinajstić information content (AvgIpc) is 3.35. The first-order valence-corrected chi connectivity index (χ1v) is 8.35. The number of hydrogen-bond donors (Lipinski definition) is 2. The quantitative estimate of drug-likeness (QED) is 0.819. The Bertz CT molecular complexity index is 797. The summed E-state index contributed by atoms with van der Waals surface area (Å²) in [5.74, 6) is -1.77. The fourth-order valence-corrected chi connectivity index (χ4v) is 3.14. The molecule has 2 N–H and O–H groups in total. The number of carboxylic acid groups (broad SMARTS) is 1. The summed E-state index contributed by atoms with van der Waals surface area (Å²) in [7, 11) is 0. The van der Waals surface area contributed by atoms with Gasteiger partial charge in [0.05, 0.1) is 5.02 Å². The van der Waals surface area contributed by atoms with Gasteiger partial charge in [-0.2, -0.15) is 0 Å². The second kappa shape index (κ2) is 7.23. The molecule has 6 heteroatoms. The molecule has 0 heterocycles. The Kier molecular flexibility index (Phi) is 5.04. The molecular weight excluding hydrogens is 345 g/mol. The van der Waals surface area contributed by atoms with E-state index >= 15 is 0 Å². The summed E-state index contributed by atoms with van der Waals surface area (Å²) in [6.07, 6.45) is 1.16. The van der Waals surface area contributed by atoms with Crippen molar-refractivity contribution >= 4 is 23.5 Å².